The molecule has 1 rings (SSSR count). The van der Waals surface area contributed by atoms with Gasteiger partial charge in [-0.25, -0.2) is 0 Å². The minimum absolute atomic E-state index is 0. The summed E-state index contributed by atoms with van der Waals surface area (Å²) in [6.07, 6.45) is 0. The second kappa shape index (κ2) is 5.88. The Bertz CT molecular complexity index is 196. The van der Waals surface area contributed by atoms with Gasteiger partial charge < -0.3 is 7.43 Å². The third-order valence-corrected chi connectivity index (χ3v) is 1.58. The summed E-state index contributed by atoms with van der Waals surface area (Å²) in [5, 5.41) is 0. The van der Waals surface area contributed by atoms with Crippen molar-refractivity contribution < 1.29 is 32.7 Å². The molecule has 0 spiro atoms. The predicted molar refractivity (Wildman–Crippen MR) is 50.4 cm³/mol. The van der Waals surface area contributed by atoms with Crippen LogP contribution in [0.25, 0.3) is 0 Å². The van der Waals surface area contributed by atoms with E-state index in [1.165, 1.54) is 5.56 Å². The van der Waals surface area contributed by atoms with Crippen LogP contribution in [0.1, 0.15) is 26.3 Å². The van der Waals surface area contributed by atoms with E-state index in [-0.39, 0.29) is 45.6 Å². The summed E-state index contributed by atoms with van der Waals surface area (Å²) in [5.74, 6) is 0. The van der Waals surface area contributed by atoms with Gasteiger partial charge in [0.2, 0.25) is 0 Å². The number of hydrogen-bond acceptors (Lipinski definition) is 0. The van der Waals surface area contributed by atoms with E-state index >= 15 is 0 Å². The zero-order chi connectivity index (χ0) is 7.61. The van der Waals surface area contributed by atoms with Crippen molar-refractivity contribution in [3.05, 3.63) is 43.3 Å². The van der Waals surface area contributed by atoms with Gasteiger partial charge in [0.05, 0.1) is 0 Å². The molecule has 0 aliphatic carbocycles. The molecular weight excluding hydrogens is 221 g/mol. The van der Waals surface area contributed by atoms with E-state index in [0.717, 1.165) is 0 Å². The van der Waals surface area contributed by atoms with Gasteiger partial charge >= 0.3 is 0 Å². The Morgan fingerprint density at radius 1 is 1.08 bits per heavy atom. The molecule has 0 saturated heterocycles. The first-order valence-electron chi connectivity index (χ1n) is 3.57. The second-order valence-corrected chi connectivity index (χ2v) is 3.54. The molecule has 0 unspecified atom stereocenters. The summed E-state index contributed by atoms with van der Waals surface area (Å²) in [4.78, 5) is 0. The van der Waals surface area contributed by atoms with Gasteiger partial charge in [-0.1, -0.05) is 20.8 Å². The molecule has 0 fully saturated rings. The van der Waals surface area contributed by atoms with Crippen molar-refractivity contribution in [3.8, 4) is 0 Å². The van der Waals surface area contributed by atoms with Crippen LogP contribution in [-0.2, 0) is 38.1 Å². The van der Waals surface area contributed by atoms with E-state index < -0.39 is 0 Å². The van der Waals surface area contributed by atoms with Gasteiger partial charge in [-0.2, -0.15) is 35.9 Å². The molecule has 0 aromatic heterocycles. The van der Waals surface area contributed by atoms with E-state index in [1.807, 2.05) is 12.1 Å². The van der Waals surface area contributed by atoms with Crippen LogP contribution in [0.5, 0.6) is 0 Å². The SMILES string of the molecule is CC(C)(C)c1cc[c-]cc1.[CH3-].[Y]. The van der Waals surface area contributed by atoms with Crippen LogP contribution in [0.4, 0.5) is 0 Å². The van der Waals surface area contributed by atoms with E-state index in [9.17, 15) is 0 Å². The fourth-order valence-electron chi connectivity index (χ4n) is 0.887. The van der Waals surface area contributed by atoms with Crippen molar-refractivity contribution in [2.75, 3.05) is 0 Å². The molecule has 0 aliphatic heterocycles. The molecule has 0 atom stereocenters. The molecule has 1 heteroatoms. The average Bonchev–Trinajstić information content (AvgIpc) is 1.88. The maximum atomic E-state index is 3.00. The molecule has 0 N–H and O–H groups in total. The van der Waals surface area contributed by atoms with Gasteiger partial charge in [-0.3, -0.25) is 0 Å². The van der Waals surface area contributed by atoms with E-state index in [1.54, 1.807) is 0 Å². The molecule has 0 bridgehead atoms. The molecule has 1 aromatic carbocycles. The molecule has 12 heavy (non-hydrogen) atoms. The van der Waals surface area contributed by atoms with Crippen molar-refractivity contribution in [1.29, 1.82) is 0 Å². The van der Waals surface area contributed by atoms with Gasteiger partial charge in [-0.15, -0.1) is 0 Å². The smallest absolute Gasteiger partial charge is 0 e. The van der Waals surface area contributed by atoms with Crippen LogP contribution in [0.15, 0.2) is 24.3 Å². The first-order valence-corrected chi connectivity index (χ1v) is 3.57. The second-order valence-electron chi connectivity index (χ2n) is 3.54. The van der Waals surface area contributed by atoms with Crippen molar-refractivity contribution in [1.82, 2.24) is 0 Å². The summed E-state index contributed by atoms with van der Waals surface area (Å²) in [5.41, 5.74) is 1.64. The maximum absolute atomic E-state index is 3.00. The van der Waals surface area contributed by atoms with Gasteiger partial charge in [0.25, 0.3) is 0 Å². The van der Waals surface area contributed by atoms with Crippen LogP contribution in [-0.4, -0.2) is 0 Å². The van der Waals surface area contributed by atoms with Gasteiger partial charge in [0.1, 0.15) is 0 Å². The van der Waals surface area contributed by atoms with Crippen molar-refractivity contribution in [2.45, 2.75) is 26.2 Å². The maximum Gasteiger partial charge on any atom is 0 e. The van der Waals surface area contributed by atoms with Gasteiger partial charge in [0, 0.05) is 32.7 Å². The number of hydrogen-bond donors (Lipinski definition) is 0. The Hall–Kier alpha value is 0.324. The van der Waals surface area contributed by atoms with E-state index in [4.69, 9.17) is 0 Å². The van der Waals surface area contributed by atoms with Crippen molar-refractivity contribution >= 4 is 0 Å². The van der Waals surface area contributed by atoms with Crippen LogP contribution in [0, 0.1) is 13.5 Å². The molecule has 65 valence electrons. The third kappa shape index (κ3) is 4.37. The fourth-order valence-corrected chi connectivity index (χ4v) is 0.887. The summed E-state index contributed by atoms with van der Waals surface area (Å²) in [6, 6.07) is 11.1. The minimum atomic E-state index is 0. The quantitative estimate of drug-likeness (QED) is 0.608. The predicted octanol–water partition coefficient (Wildman–Crippen LogP) is 3.23. The zero-order valence-electron chi connectivity index (χ0n) is 8.39. The first kappa shape index (κ1) is 14.8. The Labute approximate surface area is 102 Å². The third-order valence-electron chi connectivity index (χ3n) is 1.58. The monoisotopic (exact) mass is 237 g/mol. The van der Waals surface area contributed by atoms with Crippen LogP contribution in [0.2, 0.25) is 0 Å². The molecular formula is C11H16Y-2. The molecule has 1 radical (unpaired) electrons. The fraction of sp³-hybridized carbons (Fsp3) is 0.364. The number of rotatable bonds is 0. The van der Waals surface area contributed by atoms with Crippen molar-refractivity contribution in [2.24, 2.45) is 0 Å². The molecule has 0 aliphatic rings. The van der Waals surface area contributed by atoms with Crippen LogP contribution in [0.3, 0.4) is 0 Å². The van der Waals surface area contributed by atoms with Crippen molar-refractivity contribution in [3.63, 3.8) is 0 Å². The standard InChI is InChI=1S/C10H13.CH3.Y/c1-10(2,3)9-7-5-4-6-8-9;;/h5-8H,1-3H3;1H3;/q2*-1;. The van der Waals surface area contributed by atoms with Crippen LogP contribution >= 0.6 is 0 Å². The first-order chi connectivity index (χ1) is 4.61. The minimum Gasteiger partial charge on any atom is -0.358 e. The number of benzene rings is 1. The van der Waals surface area contributed by atoms with Gasteiger partial charge in [-0.05, 0) is 5.41 Å². The summed E-state index contributed by atoms with van der Waals surface area (Å²) in [6.45, 7) is 6.63. The summed E-state index contributed by atoms with van der Waals surface area (Å²) < 4.78 is 0. The summed E-state index contributed by atoms with van der Waals surface area (Å²) >= 11 is 0. The Balaban J connectivity index is 0. The van der Waals surface area contributed by atoms with E-state index in [0.29, 0.717) is 0 Å². The molecule has 0 amide bonds. The molecule has 0 saturated carbocycles. The van der Waals surface area contributed by atoms with Gasteiger partial charge in [0.15, 0.2) is 0 Å². The topological polar surface area (TPSA) is 0 Å². The molecule has 0 nitrogen and oxygen atoms in total. The van der Waals surface area contributed by atoms with E-state index in [2.05, 4.69) is 39.0 Å². The molecule has 0 heterocycles. The summed E-state index contributed by atoms with van der Waals surface area (Å²) in [7, 11) is 0. The molecule has 1 aromatic rings. The normalized spacial score (nSPS) is 9.58. The van der Waals surface area contributed by atoms with Crippen LogP contribution < -0.4 is 0 Å². The Morgan fingerprint density at radius 2 is 1.50 bits per heavy atom. The zero-order valence-corrected chi connectivity index (χ0v) is 11.2. The average molecular weight is 237 g/mol. The largest absolute Gasteiger partial charge is 0.358 e. The Morgan fingerprint density at radius 3 is 1.75 bits per heavy atom. The Kier molecular flexibility index (Phi) is 7.27.